The van der Waals surface area contributed by atoms with Crippen LogP contribution in [-0.4, -0.2) is 30.7 Å². The molecule has 0 aliphatic heterocycles. The molecule has 1 amide bonds. The molecule has 0 saturated heterocycles. The molecule has 2 aromatic carbocycles. The maximum Gasteiger partial charge on any atom is 0.257 e. The number of carbonyl (C=O) groups is 1. The van der Waals surface area contributed by atoms with Crippen molar-refractivity contribution in [1.82, 2.24) is 4.98 Å². The van der Waals surface area contributed by atoms with E-state index in [1.54, 1.807) is 32.2 Å². The fourth-order valence-corrected chi connectivity index (χ4v) is 3.26. The summed E-state index contributed by atoms with van der Waals surface area (Å²) in [4.78, 5) is 16.4. The highest BCUT2D eigenvalue weighted by Crippen LogP contribution is 2.23. The van der Waals surface area contributed by atoms with Gasteiger partial charge in [-0.1, -0.05) is 23.5 Å². The van der Waals surface area contributed by atoms with E-state index in [2.05, 4.69) is 10.3 Å². The second-order valence-corrected chi connectivity index (χ2v) is 7.58. The van der Waals surface area contributed by atoms with Crippen LogP contribution in [0.1, 0.15) is 28.4 Å². The highest BCUT2D eigenvalue weighted by atomic mass is 32.1. The summed E-state index contributed by atoms with van der Waals surface area (Å²) in [7, 11) is 1.54. The van der Waals surface area contributed by atoms with E-state index in [4.69, 9.17) is 9.47 Å². The average Bonchev–Trinajstić information content (AvgIpc) is 3.12. The Hall–Kier alpha value is -3.17. The van der Waals surface area contributed by atoms with Crippen LogP contribution in [0.25, 0.3) is 12.2 Å². The van der Waals surface area contributed by atoms with Gasteiger partial charge in [-0.2, -0.15) is 4.39 Å². The number of aromatic nitrogens is 1. The standard InChI is InChI=1S/C22H19F3N2O3S/c1-13(12-29-2)30-18-8-14(3-4-15-5-6-17(23)10-19(15)24)7-16(9-18)21(28)27-22-26-11-20(25)31-22/h3-11,13H,12H2,1-2H3,(H,26,27,28)/t13-/m0/s1. The SMILES string of the molecule is COC[C@H](C)Oc1cc(C=Cc2ccc(F)cc2F)cc(C(=O)Nc2ncc(F)s2)c1. The molecule has 0 fully saturated rings. The normalized spacial score (nSPS) is 12.2. The smallest absolute Gasteiger partial charge is 0.257 e. The number of amides is 1. The lowest BCUT2D eigenvalue weighted by Gasteiger charge is -2.15. The number of methoxy groups -OCH3 is 1. The minimum Gasteiger partial charge on any atom is -0.488 e. The summed E-state index contributed by atoms with van der Waals surface area (Å²) in [5.41, 5.74) is 0.961. The van der Waals surface area contributed by atoms with E-state index >= 15 is 0 Å². The van der Waals surface area contributed by atoms with Gasteiger partial charge in [0.15, 0.2) is 10.3 Å². The van der Waals surface area contributed by atoms with E-state index in [9.17, 15) is 18.0 Å². The largest absolute Gasteiger partial charge is 0.488 e. The molecule has 1 atom stereocenters. The Bertz CT molecular complexity index is 1100. The lowest BCUT2D eigenvalue weighted by atomic mass is 10.1. The first kappa shape index (κ1) is 22.5. The summed E-state index contributed by atoms with van der Waals surface area (Å²) in [5.74, 6) is -1.50. The van der Waals surface area contributed by atoms with E-state index in [-0.39, 0.29) is 22.4 Å². The van der Waals surface area contributed by atoms with Crippen LogP contribution >= 0.6 is 11.3 Å². The third-order valence-corrected chi connectivity index (χ3v) is 4.75. The van der Waals surface area contributed by atoms with Crippen molar-refractivity contribution in [2.75, 3.05) is 19.0 Å². The molecule has 3 aromatic rings. The van der Waals surface area contributed by atoms with Crippen LogP contribution < -0.4 is 10.1 Å². The van der Waals surface area contributed by atoms with E-state index in [0.29, 0.717) is 29.3 Å². The topological polar surface area (TPSA) is 60.5 Å². The van der Waals surface area contributed by atoms with Gasteiger partial charge >= 0.3 is 0 Å². The Morgan fingerprint density at radius 3 is 2.68 bits per heavy atom. The summed E-state index contributed by atoms with van der Waals surface area (Å²) in [5, 5.41) is 2.12. The van der Waals surface area contributed by atoms with Gasteiger partial charge in [0.25, 0.3) is 5.91 Å². The van der Waals surface area contributed by atoms with Crippen molar-refractivity contribution < 1.29 is 27.4 Å². The summed E-state index contributed by atoms with van der Waals surface area (Å²) >= 11 is 0.703. The fraction of sp³-hybridized carbons (Fsp3) is 0.182. The molecular weight excluding hydrogens is 429 g/mol. The molecule has 3 rings (SSSR count). The van der Waals surface area contributed by atoms with Crippen LogP contribution in [-0.2, 0) is 4.74 Å². The van der Waals surface area contributed by atoms with Crippen molar-refractivity contribution in [2.24, 2.45) is 0 Å². The average molecular weight is 448 g/mol. The number of hydrogen-bond acceptors (Lipinski definition) is 5. The van der Waals surface area contributed by atoms with Gasteiger partial charge in [0.05, 0.1) is 12.8 Å². The summed E-state index contributed by atoms with van der Waals surface area (Å²) in [6, 6.07) is 8.02. The number of nitrogens with zero attached hydrogens (tertiary/aromatic N) is 1. The molecule has 0 bridgehead atoms. The third-order valence-electron chi connectivity index (χ3n) is 4.05. The maximum absolute atomic E-state index is 13.9. The van der Waals surface area contributed by atoms with Crippen molar-refractivity contribution in [3.8, 4) is 5.75 Å². The van der Waals surface area contributed by atoms with Crippen LogP contribution in [0.2, 0.25) is 0 Å². The fourth-order valence-electron chi connectivity index (χ4n) is 2.72. The number of halogens is 3. The molecule has 9 heteroatoms. The van der Waals surface area contributed by atoms with Crippen molar-refractivity contribution in [2.45, 2.75) is 13.0 Å². The van der Waals surface area contributed by atoms with Gasteiger partial charge in [0.1, 0.15) is 23.5 Å². The first-order valence-electron chi connectivity index (χ1n) is 9.20. The molecule has 162 valence electrons. The van der Waals surface area contributed by atoms with Crippen molar-refractivity contribution in [3.63, 3.8) is 0 Å². The minimum atomic E-state index is -0.707. The minimum absolute atomic E-state index is 0.118. The van der Waals surface area contributed by atoms with Crippen molar-refractivity contribution in [3.05, 3.63) is 76.1 Å². The van der Waals surface area contributed by atoms with Gasteiger partial charge in [0.2, 0.25) is 0 Å². The molecule has 31 heavy (non-hydrogen) atoms. The molecule has 1 aromatic heterocycles. The zero-order valence-corrected chi connectivity index (χ0v) is 17.5. The predicted molar refractivity (Wildman–Crippen MR) is 114 cm³/mol. The number of hydrogen-bond donors (Lipinski definition) is 1. The second kappa shape index (κ2) is 10.2. The van der Waals surface area contributed by atoms with E-state index in [0.717, 1.165) is 18.3 Å². The predicted octanol–water partition coefficient (Wildman–Crippen LogP) is 5.40. The first-order valence-corrected chi connectivity index (χ1v) is 10.0. The number of carbonyl (C=O) groups excluding carboxylic acids is 1. The van der Waals surface area contributed by atoms with Gasteiger partial charge in [-0.05, 0) is 42.8 Å². The van der Waals surface area contributed by atoms with Gasteiger partial charge in [-0.25, -0.2) is 13.8 Å². The van der Waals surface area contributed by atoms with Crippen molar-refractivity contribution >= 4 is 34.5 Å². The highest BCUT2D eigenvalue weighted by Gasteiger charge is 2.13. The number of rotatable bonds is 8. The quantitative estimate of drug-likeness (QED) is 0.469. The molecule has 1 heterocycles. The van der Waals surface area contributed by atoms with E-state index in [1.165, 1.54) is 18.2 Å². The van der Waals surface area contributed by atoms with E-state index < -0.39 is 22.7 Å². The molecule has 0 unspecified atom stereocenters. The Labute approximate surface area is 181 Å². The van der Waals surface area contributed by atoms with Crippen LogP contribution in [0.3, 0.4) is 0 Å². The van der Waals surface area contributed by atoms with Gasteiger partial charge < -0.3 is 9.47 Å². The zero-order valence-electron chi connectivity index (χ0n) is 16.7. The van der Waals surface area contributed by atoms with Crippen LogP contribution in [0, 0.1) is 16.8 Å². The Kier molecular flexibility index (Phi) is 7.43. The van der Waals surface area contributed by atoms with Crippen molar-refractivity contribution in [1.29, 1.82) is 0 Å². The first-order chi connectivity index (χ1) is 14.8. The van der Waals surface area contributed by atoms with Crippen LogP contribution in [0.15, 0.2) is 42.6 Å². The molecule has 0 aliphatic rings. The monoisotopic (exact) mass is 448 g/mol. The third kappa shape index (κ3) is 6.40. The number of benzene rings is 2. The maximum atomic E-state index is 13.9. The van der Waals surface area contributed by atoms with Gasteiger partial charge in [0, 0.05) is 24.3 Å². The summed E-state index contributed by atoms with van der Waals surface area (Å²) in [6.45, 7) is 2.14. The Morgan fingerprint density at radius 2 is 2.00 bits per heavy atom. The van der Waals surface area contributed by atoms with E-state index in [1.807, 2.05) is 0 Å². The Balaban J connectivity index is 1.90. The molecule has 1 N–H and O–H groups in total. The van der Waals surface area contributed by atoms with Gasteiger partial charge in [-0.3, -0.25) is 10.1 Å². The molecule has 0 radical (unpaired) electrons. The second-order valence-electron chi connectivity index (χ2n) is 6.60. The van der Waals surface area contributed by atoms with Crippen LogP contribution in [0.4, 0.5) is 18.3 Å². The lowest BCUT2D eigenvalue weighted by Crippen LogP contribution is -2.18. The Morgan fingerprint density at radius 1 is 1.19 bits per heavy atom. The number of anilines is 1. The molecular formula is C22H19F3N2O3S. The number of ether oxygens (including phenoxy) is 2. The summed E-state index contributed by atoms with van der Waals surface area (Å²) in [6.07, 6.45) is 3.76. The highest BCUT2D eigenvalue weighted by molar-refractivity contribution is 7.14. The molecule has 0 saturated carbocycles. The zero-order chi connectivity index (χ0) is 22.4. The number of nitrogens with one attached hydrogen (secondary N) is 1. The summed E-state index contributed by atoms with van der Waals surface area (Å²) < 4.78 is 51.0. The van der Waals surface area contributed by atoms with Crippen LogP contribution in [0.5, 0.6) is 5.75 Å². The lowest BCUT2D eigenvalue weighted by molar-refractivity contribution is 0.0917. The van der Waals surface area contributed by atoms with Gasteiger partial charge in [-0.15, -0.1) is 0 Å². The molecule has 0 aliphatic carbocycles. The molecule has 0 spiro atoms. The number of thiazole rings is 1. The molecule has 5 nitrogen and oxygen atoms in total.